The molecule has 1 N–H and O–H groups in total. The Morgan fingerprint density at radius 3 is 2.65 bits per heavy atom. The van der Waals surface area contributed by atoms with E-state index in [-0.39, 0.29) is 0 Å². The quantitative estimate of drug-likeness (QED) is 0.764. The first-order chi connectivity index (χ1) is 9.76. The molecule has 2 rings (SSSR count). The van der Waals surface area contributed by atoms with Crippen LogP contribution in [0.15, 0.2) is 24.3 Å². The van der Waals surface area contributed by atoms with Gasteiger partial charge in [0.1, 0.15) is 0 Å². The molecule has 1 fully saturated rings. The van der Waals surface area contributed by atoms with Gasteiger partial charge >= 0.3 is 0 Å². The average molecular weight is 275 g/mol. The Kier molecular flexibility index (Phi) is 6.06. The Bertz CT molecular complexity index is 400. The summed E-state index contributed by atoms with van der Waals surface area (Å²) >= 11 is 0. The van der Waals surface area contributed by atoms with Crippen molar-refractivity contribution in [2.75, 3.05) is 20.3 Å². The van der Waals surface area contributed by atoms with Gasteiger partial charge in [0.25, 0.3) is 0 Å². The minimum Gasteiger partial charge on any atom is -0.384 e. The van der Waals surface area contributed by atoms with Crippen molar-refractivity contribution in [3.05, 3.63) is 35.4 Å². The second kappa shape index (κ2) is 7.80. The lowest BCUT2D eigenvalue weighted by atomic mass is 9.76. The molecule has 1 aliphatic rings. The molecule has 0 heterocycles. The van der Waals surface area contributed by atoms with Crippen LogP contribution in [0.3, 0.4) is 0 Å². The highest BCUT2D eigenvalue weighted by Gasteiger charge is 2.25. The van der Waals surface area contributed by atoms with E-state index < -0.39 is 0 Å². The first-order valence-electron chi connectivity index (χ1n) is 8.07. The van der Waals surface area contributed by atoms with Crippen molar-refractivity contribution in [2.45, 2.75) is 51.5 Å². The van der Waals surface area contributed by atoms with Gasteiger partial charge in [-0.2, -0.15) is 0 Å². The van der Waals surface area contributed by atoms with Gasteiger partial charge in [-0.25, -0.2) is 0 Å². The topological polar surface area (TPSA) is 21.3 Å². The third kappa shape index (κ3) is 3.83. The van der Waals surface area contributed by atoms with Gasteiger partial charge < -0.3 is 10.1 Å². The third-order valence-electron chi connectivity index (χ3n) is 4.46. The molecule has 0 aliphatic heterocycles. The van der Waals surface area contributed by atoms with E-state index in [9.17, 15) is 0 Å². The number of hydrogen-bond donors (Lipinski definition) is 1. The van der Waals surface area contributed by atoms with Crippen LogP contribution >= 0.6 is 0 Å². The molecule has 1 aromatic rings. The van der Waals surface area contributed by atoms with Crippen LogP contribution in [0.4, 0.5) is 0 Å². The van der Waals surface area contributed by atoms with E-state index >= 15 is 0 Å². The lowest BCUT2D eigenvalue weighted by Gasteiger charge is -2.31. The Morgan fingerprint density at radius 2 is 2.05 bits per heavy atom. The Labute approximate surface area is 123 Å². The summed E-state index contributed by atoms with van der Waals surface area (Å²) in [6.07, 6.45) is 5.27. The van der Waals surface area contributed by atoms with Crippen LogP contribution in [-0.2, 0) is 4.74 Å². The van der Waals surface area contributed by atoms with Crippen molar-refractivity contribution in [3.8, 4) is 0 Å². The number of benzene rings is 1. The molecule has 0 spiro atoms. The van der Waals surface area contributed by atoms with Crippen molar-refractivity contribution < 1.29 is 4.74 Å². The maximum Gasteiger partial charge on any atom is 0.0488 e. The van der Waals surface area contributed by atoms with Crippen molar-refractivity contribution in [3.63, 3.8) is 0 Å². The fourth-order valence-corrected chi connectivity index (χ4v) is 3.24. The van der Waals surface area contributed by atoms with Gasteiger partial charge in [0.05, 0.1) is 0 Å². The molecule has 2 atom stereocenters. The summed E-state index contributed by atoms with van der Waals surface area (Å²) in [4.78, 5) is 0. The van der Waals surface area contributed by atoms with Gasteiger partial charge in [0, 0.05) is 19.8 Å². The highest BCUT2D eigenvalue weighted by atomic mass is 16.5. The molecule has 0 aromatic heterocycles. The number of hydrogen-bond acceptors (Lipinski definition) is 2. The molecule has 1 saturated carbocycles. The third-order valence-corrected chi connectivity index (χ3v) is 4.46. The van der Waals surface area contributed by atoms with Crippen LogP contribution < -0.4 is 5.32 Å². The predicted octanol–water partition coefficient (Wildman–Crippen LogP) is 4.28. The van der Waals surface area contributed by atoms with Crippen molar-refractivity contribution in [2.24, 2.45) is 5.92 Å². The molecule has 0 amide bonds. The summed E-state index contributed by atoms with van der Waals surface area (Å²) in [7, 11) is 1.79. The second-order valence-electron chi connectivity index (χ2n) is 6.16. The first kappa shape index (κ1) is 15.5. The summed E-state index contributed by atoms with van der Waals surface area (Å²) in [6, 6.07) is 9.49. The summed E-state index contributed by atoms with van der Waals surface area (Å²) in [5.74, 6) is 1.38. The van der Waals surface area contributed by atoms with Crippen LogP contribution in [0, 0.1) is 5.92 Å². The molecule has 1 aliphatic carbocycles. The Balaban J connectivity index is 2.15. The molecule has 2 heteroatoms. The lowest BCUT2D eigenvalue weighted by Crippen LogP contribution is -2.26. The second-order valence-corrected chi connectivity index (χ2v) is 6.16. The van der Waals surface area contributed by atoms with E-state index in [0.717, 1.165) is 25.5 Å². The zero-order valence-corrected chi connectivity index (χ0v) is 13.2. The van der Waals surface area contributed by atoms with Gasteiger partial charge in [0.15, 0.2) is 0 Å². The Hall–Kier alpha value is -0.860. The Morgan fingerprint density at radius 1 is 1.30 bits per heavy atom. The van der Waals surface area contributed by atoms with Crippen LogP contribution in [0.1, 0.15) is 62.6 Å². The number of rotatable bonds is 8. The highest BCUT2D eigenvalue weighted by molar-refractivity contribution is 5.34. The van der Waals surface area contributed by atoms with E-state index in [1.54, 1.807) is 12.7 Å². The summed E-state index contributed by atoms with van der Waals surface area (Å²) in [6.45, 7) is 6.33. The normalized spacial score (nSPS) is 18.6. The molecule has 0 radical (unpaired) electrons. The van der Waals surface area contributed by atoms with E-state index in [1.165, 1.54) is 24.8 Å². The molecule has 0 bridgehead atoms. The van der Waals surface area contributed by atoms with Gasteiger partial charge in [0.2, 0.25) is 0 Å². The lowest BCUT2D eigenvalue weighted by molar-refractivity contribution is 0.149. The zero-order valence-electron chi connectivity index (χ0n) is 13.2. The monoisotopic (exact) mass is 275 g/mol. The van der Waals surface area contributed by atoms with E-state index in [0.29, 0.717) is 12.0 Å². The van der Waals surface area contributed by atoms with Crippen molar-refractivity contribution in [1.82, 2.24) is 5.32 Å². The molecule has 2 nitrogen and oxygen atoms in total. The predicted molar refractivity (Wildman–Crippen MR) is 85.1 cm³/mol. The van der Waals surface area contributed by atoms with Gasteiger partial charge in [-0.3, -0.25) is 0 Å². The van der Waals surface area contributed by atoms with Crippen LogP contribution in [0.2, 0.25) is 0 Å². The number of methoxy groups -OCH3 is 1. The summed E-state index contributed by atoms with van der Waals surface area (Å²) in [5, 5.41) is 3.68. The largest absolute Gasteiger partial charge is 0.384 e. The van der Waals surface area contributed by atoms with Crippen molar-refractivity contribution in [1.29, 1.82) is 0 Å². The van der Waals surface area contributed by atoms with Crippen LogP contribution in [0.25, 0.3) is 0 Å². The SMILES string of the molecule is CCNC(CC(C)COC)c1ccccc1C1CCC1. The average Bonchev–Trinajstić information content (AvgIpc) is 2.37. The molecule has 1 aromatic carbocycles. The molecule has 20 heavy (non-hydrogen) atoms. The fraction of sp³-hybridized carbons (Fsp3) is 0.667. The minimum absolute atomic E-state index is 0.460. The summed E-state index contributed by atoms with van der Waals surface area (Å²) < 4.78 is 5.30. The maximum atomic E-state index is 5.30. The van der Waals surface area contributed by atoms with E-state index in [1.807, 2.05) is 0 Å². The zero-order chi connectivity index (χ0) is 14.4. The molecular formula is C18H29NO. The van der Waals surface area contributed by atoms with Gasteiger partial charge in [-0.1, -0.05) is 44.5 Å². The van der Waals surface area contributed by atoms with Gasteiger partial charge in [-0.05, 0) is 48.8 Å². The number of nitrogens with one attached hydrogen (secondary N) is 1. The van der Waals surface area contributed by atoms with Crippen molar-refractivity contribution >= 4 is 0 Å². The fourth-order valence-electron chi connectivity index (χ4n) is 3.24. The highest BCUT2D eigenvalue weighted by Crippen LogP contribution is 2.40. The first-order valence-corrected chi connectivity index (χ1v) is 8.07. The maximum absolute atomic E-state index is 5.30. The van der Waals surface area contributed by atoms with Crippen LogP contribution in [-0.4, -0.2) is 20.3 Å². The smallest absolute Gasteiger partial charge is 0.0488 e. The molecular weight excluding hydrogens is 246 g/mol. The molecule has 2 unspecified atom stereocenters. The van der Waals surface area contributed by atoms with E-state index in [2.05, 4.69) is 43.4 Å². The molecule has 0 saturated heterocycles. The standard InChI is InChI=1S/C18H29NO/c1-4-19-18(12-14(2)13-20-3)17-11-6-5-10-16(17)15-8-7-9-15/h5-6,10-11,14-15,18-19H,4,7-9,12-13H2,1-3H3. The number of ether oxygens (including phenoxy) is 1. The van der Waals surface area contributed by atoms with E-state index in [4.69, 9.17) is 4.74 Å². The van der Waals surface area contributed by atoms with Crippen LogP contribution in [0.5, 0.6) is 0 Å². The minimum atomic E-state index is 0.460. The summed E-state index contributed by atoms with van der Waals surface area (Å²) in [5.41, 5.74) is 3.09. The molecule has 112 valence electrons. The van der Waals surface area contributed by atoms with Gasteiger partial charge in [-0.15, -0.1) is 0 Å².